The van der Waals surface area contributed by atoms with Gasteiger partial charge in [-0.25, -0.2) is 4.39 Å². The van der Waals surface area contributed by atoms with Crippen molar-refractivity contribution in [3.05, 3.63) is 59.9 Å². The van der Waals surface area contributed by atoms with Gasteiger partial charge in [-0.3, -0.25) is 9.59 Å². The van der Waals surface area contributed by atoms with Gasteiger partial charge < -0.3 is 9.80 Å². The molecule has 0 atom stereocenters. The Bertz CT molecular complexity index is 796. The average Bonchev–Trinajstić information content (AvgIpc) is 2.62. The van der Waals surface area contributed by atoms with Crippen molar-refractivity contribution in [1.82, 2.24) is 4.90 Å². The number of thioether (sulfide) groups is 1. The van der Waals surface area contributed by atoms with E-state index in [4.69, 9.17) is 0 Å². The molecule has 1 aliphatic heterocycles. The van der Waals surface area contributed by atoms with Crippen LogP contribution in [-0.2, 0) is 16.1 Å². The highest BCUT2D eigenvalue weighted by Crippen LogP contribution is 2.34. The molecule has 0 aromatic heterocycles. The summed E-state index contributed by atoms with van der Waals surface area (Å²) in [5, 5.41) is 0. The van der Waals surface area contributed by atoms with Crippen molar-refractivity contribution in [1.29, 1.82) is 0 Å². The first-order valence-electron chi connectivity index (χ1n) is 8.06. The van der Waals surface area contributed by atoms with Crippen molar-refractivity contribution in [2.24, 2.45) is 0 Å². The summed E-state index contributed by atoms with van der Waals surface area (Å²) >= 11 is 1.52. The van der Waals surface area contributed by atoms with Crippen LogP contribution in [0.25, 0.3) is 0 Å². The maximum atomic E-state index is 13.7. The maximum absolute atomic E-state index is 13.7. The van der Waals surface area contributed by atoms with Crippen molar-refractivity contribution < 1.29 is 14.0 Å². The number of hydrogen-bond donors (Lipinski definition) is 0. The van der Waals surface area contributed by atoms with Gasteiger partial charge in [-0.1, -0.05) is 30.3 Å². The number of para-hydroxylation sites is 1. The van der Waals surface area contributed by atoms with Gasteiger partial charge in [0.2, 0.25) is 11.8 Å². The molecule has 2 aromatic rings. The number of amides is 2. The molecule has 4 nitrogen and oxygen atoms in total. The van der Waals surface area contributed by atoms with Crippen LogP contribution in [0.3, 0.4) is 0 Å². The molecule has 25 heavy (non-hydrogen) atoms. The number of fused-ring (bicyclic) bond motifs is 1. The highest BCUT2D eigenvalue weighted by Gasteiger charge is 2.25. The van der Waals surface area contributed by atoms with Crippen LogP contribution < -0.4 is 4.90 Å². The van der Waals surface area contributed by atoms with Crippen LogP contribution in [0, 0.1) is 5.82 Å². The number of carbonyl (C=O) groups excluding carboxylic acids is 2. The largest absolute Gasteiger partial charge is 0.341 e. The van der Waals surface area contributed by atoms with E-state index in [-0.39, 0.29) is 30.6 Å². The Labute approximate surface area is 150 Å². The van der Waals surface area contributed by atoms with Gasteiger partial charge in [0.25, 0.3) is 0 Å². The van der Waals surface area contributed by atoms with Crippen LogP contribution in [0.2, 0.25) is 0 Å². The molecule has 0 saturated heterocycles. The lowest BCUT2D eigenvalue weighted by atomic mass is 10.2. The number of anilines is 1. The molecule has 6 heteroatoms. The Kier molecular flexibility index (Phi) is 5.38. The van der Waals surface area contributed by atoms with E-state index < -0.39 is 0 Å². The quantitative estimate of drug-likeness (QED) is 0.823. The molecular formula is C19H19FN2O2S. The number of benzene rings is 2. The number of carbonyl (C=O) groups is 2. The lowest BCUT2D eigenvalue weighted by Gasteiger charge is -2.29. The summed E-state index contributed by atoms with van der Waals surface area (Å²) in [5.41, 5.74) is 1.34. The van der Waals surface area contributed by atoms with E-state index in [1.165, 1.54) is 22.7 Å². The fourth-order valence-electron chi connectivity index (χ4n) is 2.77. The van der Waals surface area contributed by atoms with E-state index in [1.807, 2.05) is 24.3 Å². The Balaban J connectivity index is 1.62. The van der Waals surface area contributed by atoms with Crippen molar-refractivity contribution >= 4 is 29.3 Å². The first kappa shape index (κ1) is 17.5. The minimum Gasteiger partial charge on any atom is -0.341 e. The number of rotatable bonds is 5. The zero-order valence-corrected chi connectivity index (χ0v) is 14.8. The summed E-state index contributed by atoms with van der Waals surface area (Å²) in [6.07, 6.45) is 0.204. The number of hydrogen-bond acceptors (Lipinski definition) is 3. The minimum atomic E-state index is -0.320. The molecule has 1 aliphatic rings. The lowest BCUT2D eigenvalue weighted by molar-refractivity contribution is -0.130. The van der Waals surface area contributed by atoms with E-state index in [1.54, 1.807) is 30.1 Å². The topological polar surface area (TPSA) is 40.6 Å². The summed E-state index contributed by atoms with van der Waals surface area (Å²) in [7, 11) is 1.65. The molecule has 0 radical (unpaired) electrons. The van der Waals surface area contributed by atoms with E-state index in [0.717, 1.165) is 10.6 Å². The predicted molar refractivity (Wildman–Crippen MR) is 97.0 cm³/mol. The van der Waals surface area contributed by atoms with Crippen molar-refractivity contribution in [2.45, 2.75) is 17.9 Å². The monoisotopic (exact) mass is 358 g/mol. The van der Waals surface area contributed by atoms with Crippen LogP contribution in [0.5, 0.6) is 0 Å². The summed E-state index contributed by atoms with van der Waals surface area (Å²) in [6, 6.07) is 14.1. The maximum Gasteiger partial charge on any atom is 0.237 e. The smallest absolute Gasteiger partial charge is 0.237 e. The van der Waals surface area contributed by atoms with Gasteiger partial charge in [-0.05, 0) is 18.2 Å². The van der Waals surface area contributed by atoms with Crippen molar-refractivity contribution in [3.8, 4) is 0 Å². The lowest BCUT2D eigenvalue weighted by Crippen LogP contribution is -2.38. The van der Waals surface area contributed by atoms with E-state index in [0.29, 0.717) is 17.9 Å². The van der Waals surface area contributed by atoms with Gasteiger partial charge in [-0.2, -0.15) is 0 Å². The van der Waals surface area contributed by atoms with Crippen LogP contribution in [0.15, 0.2) is 53.4 Å². The first-order valence-corrected chi connectivity index (χ1v) is 9.04. The molecule has 2 aromatic carbocycles. The van der Waals surface area contributed by atoms with Crippen molar-refractivity contribution in [2.75, 3.05) is 24.2 Å². The molecule has 0 bridgehead atoms. The first-order chi connectivity index (χ1) is 12.1. The third-order valence-corrected chi connectivity index (χ3v) is 5.20. The molecule has 0 saturated carbocycles. The van der Waals surface area contributed by atoms with Gasteiger partial charge in [0.05, 0.1) is 11.4 Å². The van der Waals surface area contributed by atoms with E-state index in [2.05, 4.69) is 0 Å². The van der Waals surface area contributed by atoms with Crippen molar-refractivity contribution in [3.63, 3.8) is 0 Å². The van der Waals surface area contributed by atoms with Gasteiger partial charge in [0.15, 0.2) is 0 Å². The molecule has 3 rings (SSSR count). The molecule has 1 heterocycles. The Hall–Kier alpha value is -2.34. The average molecular weight is 358 g/mol. The third kappa shape index (κ3) is 4.02. The predicted octanol–water partition coefficient (Wildman–Crippen LogP) is 3.31. The van der Waals surface area contributed by atoms with Crippen LogP contribution in [-0.4, -0.2) is 36.1 Å². The highest BCUT2D eigenvalue weighted by atomic mass is 32.2. The molecule has 0 N–H and O–H groups in total. The van der Waals surface area contributed by atoms with Crippen LogP contribution in [0.1, 0.15) is 12.0 Å². The number of halogens is 1. The second kappa shape index (κ2) is 7.70. The summed E-state index contributed by atoms with van der Waals surface area (Å²) < 4.78 is 13.7. The fraction of sp³-hybridized carbons (Fsp3) is 0.263. The minimum absolute atomic E-state index is 0.00765. The van der Waals surface area contributed by atoms with Gasteiger partial charge in [0.1, 0.15) is 5.82 Å². The number of nitrogens with zero attached hydrogens (tertiary/aromatic N) is 2. The third-order valence-electron chi connectivity index (χ3n) is 4.15. The molecule has 0 spiro atoms. The molecule has 0 fully saturated rings. The Morgan fingerprint density at radius 2 is 1.92 bits per heavy atom. The van der Waals surface area contributed by atoms with E-state index >= 15 is 0 Å². The normalized spacial score (nSPS) is 13.5. The van der Waals surface area contributed by atoms with E-state index in [9.17, 15) is 14.0 Å². The molecule has 130 valence electrons. The zero-order chi connectivity index (χ0) is 17.8. The zero-order valence-electron chi connectivity index (χ0n) is 13.9. The van der Waals surface area contributed by atoms with Gasteiger partial charge in [-0.15, -0.1) is 11.8 Å². The summed E-state index contributed by atoms with van der Waals surface area (Å²) in [5.74, 6) is -0.0460. The van der Waals surface area contributed by atoms with Crippen LogP contribution >= 0.6 is 11.8 Å². The molecule has 2 amide bonds. The Morgan fingerprint density at radius 1 is 1.20 bits per heavy atom. The molecule has 0 unspecified atom stereocenters. The SMILES string of the molecule is CN(Cc1ccccc1F)C(=O)CCN1C(=O)CSc2ccccc21. The van der Waals surface area contributed by atoms with Gasteiger partial charge >= 0.3 is 0 Å². The fourth-order valence-corrected chi connectivity index (χ4v) is 3.70. The second-order valence-corrected chi connectivity index (χ2v) is 6.91. The van der Waals surface area contributed by atoms with Gasteiger partial charge in [0, 0.05) is 37.0 Å². The highest BCUT2D eigenvalue weighted by molar-refractivity contribution is 8.00. The summed E-state index contributed by atoms with van der Waals surface area (Å²) in [4.78, 5) is 28.8. The molecule has 0 aliphatic carbocycles. The van der Waals surface area contributed by atoms with Crippen LogP contribution in [0.4, 0.5) is 10.1 Å². The Morgan fingerprint density at radius 3 is 2.72 bits per heavy atom. The summed E-state index contributed by atoms with van der Waals surface area (Å²) in [6.45, 7) is 0.544. The second-order valence-electron chi connectivity index (χ2n) is 5.89. The standard InChI is InChI=1S/C19H19FN2O2S/c1-21(12-14-6-2-3-7-15(14)20)18(23)10-11-22-16-8-4-5-9-17(16)25-13-19(22)24/h2-9H,10-13H2,1H3. The molecular weight excluding hydrogens is 339 g/mol.